The van der Waals surface area contributed by atoms with Gasteiger partial charge in [0.05, 0.1) is 18.8 Å². The number of aromatic hydroxyl groups is 2. The Balaban J connectivity index is 1.04. The number of thioether (sulfide) groups is 1. The SMILES string of the molecule is NC(=O)c1ccc(SC(=O)CCOCCNC(=S)Nc2ccc3c(c2)C(=O)OC32c3ccc(O)cc3Oc3cc(O)ccc32)cc1. The fourth-order valence-electron chi connectivity index (χ4n) is 5.32. The van der Waals surface area contributed by atoms with Gasteiger partial charge in [-0.2, -0.15) is 0 Å². The number of fused-ring (bicyclic) bond motifs is 6. The molecule has 0 saturated heterocycles. The first-order valence-corrected chi connectivity index (χ1v) is 15.3. The monoisotopic (exact) mass is 657 g/mol. The third-order valence-electron chi connectivity index (χ3n) is 7.38. The smallest absolute Gasteiger partial charge is 0.340 e. The van der Waals surface area contributed by atoms with Crippen LogP contribution in [0.15, 0.2) is 83.8 Å². The summed E-state index contributed by atoms with van der Waals surface area (Å²) in [6.07, 6.45) is 0.209. The number of hydrogen-bond acceptors (Lipinski definition) is 10. The molecular formula is C33H27N3O8S2. The normalized spacial score (nSPS) is 13.5. The number of carbonyl (C=O) groups is 3. The lowest BCUT2D eigenvalue weighted by Crippen LogP contribution is -2.33. The first-order chi connectivity index (χ1) is 22.1. The number of nitrogens with two attached hydrogens (primary N) is 1. The van der Waals surface area contributed by atoms with Gasteiger partial charge in [0.15, 0.2) is 15.8 Å². The van der Waals surface area contributed by atoms with Crippen molar-refractivity contribution >= 4 is 51.8 Å². The molecule has 0 unspecified atom stereocenters. The van der Waals surface area contributed by atoms with Gasteiger partial charge in [0, 0.05) is 57.9 Å². The molecule has 2 aliphatic rings. The summed E-state index contributed by atoms with van der Waals surface area (Å²) in [7, 11) is 0. The number of amides is 1. The van der Waals surface area contributed by atoms with Gasteiger partial charge < -0.3 is 40.8 Å². The van der Waals surface area contributed by atoms with Crippen LogP contribution >= 0.6 is 24.0 Å². The third kappa shape index (κ3) is 6.07. The van der Waals surface area contributed by atoms with Crippen molar-refractivity contribution in [1.29, 1.82) is 0 Å². The summed E-state index contributed by atoms with van der Waals surface area (Å²) in [6.45, 7) is 0.918. The van der Waals surface area contributed by atoms with Crippen molar-refractivity contribution < 1.29 is 38.8 Å². The minimum atomic E-state index is -1.35. The maximum atomic E-state index is 13.3. The lowest BCUT2D eigenvalue weighted by atomic mass is 9.77. The molecule has 234 valence electrons. The van der Waals surface area contributed by atoms with Gasteiger partial charge in [0.1, 0.15) is 23.0 Å². The van der Waals surface area contributed by atoms with Crippen LogP contribution < -0.4 is 21.1 Å². The fraction of sp³-hybridized carbons (Fsp3) is 0.152. The summed E-state index contributed by atoms with van der Waals surface area (Å²) >= 11 is 6.48. The molecule has 0 fully saturated rings. The van der Waals surface area contributed by atoms with E-state index in [0.29, 0.717) is 68.2 Å². The van der Waals surface area contributed by atoms with Crippen molar-refractivity contribution in [2.75, 3.05) is 25.1 Å². The van der Waals surface area contributed by atoms with Crippen LogP contribution in [0.3, 0.4) is 0 Å². The molecule has 6 N–H and O–H groups in total. The standard InChI is InChI=1S/C33H27N3O8S2/c34-30(40)18-1-6-22(7-2-18)46-29(39)11-13-42-14-12-35-32(45)36-19-3-8-24-23(15-19)31(41)44-33(24)25-9-4-20(37)16-27(25)43-28-17-21(38)5-10-26(28)33/h1-10,15-17,37-38H,11-14H2,(H2,34,40)(H2,35,36,45). The molecule has 0 atom stereocenters. The minimum Gasteiger partial charge on any atom is -0.508 e. The highest BCUT2D eigenvalue weighted by atomic mass is 32.2. The molecule has 1 amide bonds. The van der Waals surface area contributed by atoms with Gasteiger partial charge in [-0.25, -0.2) is 4.79 Å². The first kappa shape index (κ1) is 30.9. The number of esters is 1. The number of ether oxygens (including phenoxy) is 3. The van der Waals surface area contributed by atoms with Crippen LogP contribution in [0.25, 0.3) is 0 Å². The Morgan fingerprint density at radius 2 is 1.54 bits per heavy atom. The van der Waals surface area contributed by atoms with E-state index in [9.17, 15) is 24.6 Å². The third-order valence-corrected chi connectivity index (χ3v) is 8.57. The molecule has 4 aromatic carbocycles. The minimum absolute atomic E-state index is 0.0222. The number of phenolic OH excluding ortho intramolecular Hbond substituents is 2. The number of anilines is 1. The highest BCUT2D eigenvalue weighted by molar-refractivity contribution is 8.13. The molecule has 0 aromatic heterocycles. The molecule has 4 aromatic rings. The first-order valence-electron chi connectivity index (χ1n) is 14.1. The average Bonchev–Trinajstić information content (AvgIpc) is 3.30. The Morgan fingerprint density at radius 3 is 2.20 bits per heavy atom. The van der Waals surface area contributed by atoms with Crippen molar-refractivity contribution in [2.45, 2.75) is 16.9 Å². The quantitative estimate of drug-likeness (QED) is 0.0724. The maximum absolute atomic E-state index is 13.3. The van der Waals surface area contributed by atoms with E-state index < -0.39 is 17.5 Å². The number of phenols is 2. The van der Waals surface area contributed by atoms with Crippen molar-refractivity contribution in [1.82, 2.24) is 5.32 Å². The van der Waals surface area contributed by atoms with Crippen LogP contribution in [0.5, 0.6) is 23.0 Å². The van der Waals surface area contributed by atoms with E-state index in [4.69, 9.17) is 32.2 Å². The van der Waals surface area contributed by atoms with Crippen LogP contribution in [-0.2, 0) is 19.9 Å². The van der Waals surface area contributed by atoms with Gasteiger partial charge in [-0.3, -0.25) is 9.59 Å². The van der Waals surface area contributed by atoms with Gasteiger partial charge >= 0.3 is 5.97 Å². The second kappa shape index (κ2) is 12.7. The molecule has 2 heterocycles. The van der Waals surface area contributed by atoms with Crippen molar-refractivity contribution in [3.63, 3.8) is 0 Å². The fourth-order valence-corrected chi connectivity index (χ4v) is 6.26. The molecular weight excluding hydrogens is 631 g/mol. The molecule has 2 aliphatic heterocycles. The largest absolute Gasteiger partial charge is 0.508 e. The summed E-state index contributed by atoms with van der Waals surface area (Å²) < 4.78 is 17.6. The number of benzene rings is 4. The van der Waals surface area contributed by atoms with Crippen LogP contribution in [0.4, 0.5) is 5.69 Å². The van der Waals surface area contributed by atoms with E-state index >= 15 is 0 Å². The van der Waals surface area contributed by atoms with E-state index in [-0.39, 0.29) is 29.6 Å². The van der Waals surface area contributed by atoms with E-state index in [1.54, 1.807) is 54.6 Å². The van der Waals surface area contributed by atoms with Crippen LogP contribution in [-0.4, -0.2) is 52.1 Å². The number of hydrogen-bond donors (Lipinski definition) is 5. The summed E-state index contributed by atoms with van der Waals surface area (Å²) in [5, 5.41) is 26.5. The summed E-state index contributed by atoms with van der Waals surface area (Å²) in [5.74, 6) is -0.524. The maximum Gasteiger partial charge on any atom is 0.340 e. The molecule has 0 aliphatic carbocycles. The van der Waals surface area contributed by atoms with E-state index in [1.807, 2.05) is 0 Å². The molecule has 1 spiro atoms. The van der Waals surface area contributed by atoms with Gasteiger partial charge in [0.25, 0.3) is 0 Å². The zero-order valence-electron chi connectivity index (χ0n) is 24.1. The van der Waals surface area contributed by atoms with E-state index in [2.05, 4.69) is 10.6 Å². The highest BCUT2D eigenvalue weighted by Gasteiger charge is 2.53. The average molecular weight is 658 g/mol. The Kier molecular flexibility index (Phi) is 8.54. The van der Waals surface area contributed by atoms with Gasteiger partial charge in [0.2, 0.25) is 5.91 Å². The topological polar surface area (TPSA) is 169 Å². The molecule has 13 heteroatoms. The summed E-state index contributed by atoms with van der Waals surface area (Å²) in [6, 6.07) is 20.8. The molecule has 46 heavy (non-hydrogen) atoms. The van der Waals surface area contributed by atoms with E-state index in [0.717, 1.165) is 11.8 Å². The number of thiocarbonyl (C=S) groups is 1. The molecule has 0 bridgehead atoms. The van der Waals surface area contributed by atoms with Gasteiger partial charge in [-0.15, -0.1) is 0 Å². The molecule has 0 radical (unpaired) electrons. The van der Waals surface area contributed by atoms with Crippen LogP contribution in [0, 0.1) is 0 Å². The number of primary amides is 1. The second-order valence-electron chi connectivity index (χ2n) is 10.4. The Hall–Kier alpha value is -5.11. The zero-order valence-corrected chi connectivity index (χ0v) is 25.7. The van der Waals surface area contributed by atoms with E-state index in [1.165, 1.54) is 24.3 Å². The number of rotatable bonds is 9. The highest BCUT2D eigenvalue weighted by Crippen LogP contribution is 2.57. The van der Waals surface area contributed by atoms with Crippen LogP contribution in [0.1, 0.15) is 43.8 Å². The number of carbonyl (C=O) groups excluding carboxylic acids is 3. The Bertz CT molecular complexity index is 1830. The predicted octanol–water partition coefficient (Wildman–Crippen LogP) is 4.78. The van der Waals surface area contributed by atoms with Crippen molar-refractivity contribution in [3.05, 3.63) is 107 Å². The predicted molar refractivity (Wildman–Crippen MR) is 174 cm³/mol. The molecule has 11 nitrogen and oxygen atoms in total. The second-order valence-corrected chi connectivity index (χ2v) is 11.9. The lowest BCUT2D eigenvalue weighted by Gasteiger charge is -2.36. The lowest BCUT2D eigenvalue weighted by molar-refractivity contribution is -0.111. The van der Waals surface area contributed by atoms with Crippen molar-refractivity contribution in [2.24, 2.45) is 5.73 Å². The Labute approximate surface area is 272 Å². The van der Waals surface area contributed by atoms with Gasteiger partial charge in [-0.05, 0) is 72.9 Å². The summed E-state index contributed by atoms with van der Waals surface area (Å²) in [5.41, 5.74) is 6.79. The molecule has 6 rings (SSSR count). The molecule has 0 saturated carbocycles. The van der Waals surface area contributed by atoms with Crippen molar-refractivity contribution in [3.8, 4) is 23.0 Å². The zero-order chi connectivity index (χ0) is 32.4. The summed E-state index contributed by atoms with van der Waals surface area (Å²) in [4.78, 5) is 37.4. The number of nitrogens with one attached hydrogen (secondary N) is 2. The Morgan fingerprint density at radius 1 is 0.891 bits per heavy atom. The van der Waals surface area contributed by atoms with Crippen LogP contribution in [0.2, 0.25) is 0 Å². The van der Waals surface area contributed by atoms with Gasteiger partial charge in [-0.1, -0.05) is 17.8 Å².